The fraction of sp³-hybridized carbons (Fsp3) is 0.353. The largest absolute Gasteiger partial charge is 0.373 e. The number of fused-ring (bicyclic) bond motifs is 1. The highest BCUT2D eigenvalue weighted by Gasteiger charge is 2.13. The number of rotatable bonds is 5. The first-order chi connectivity index (χ1) is 9.58. The van der Waals surface area contributed by atoms with Gasteiger partial charge in [0.1, 0.15) is 6.04 Å². The van der Waals surface area contributed by atoms with Crippen LogP contribution in [0.5, 0.6) is 0 Å². The van der Waals surface area contributed by atoms with Crippen LogP contribution in [-0.4, -0.2) is 18.5 Å². The average Bonchev–Trinajstić information content (AvgIpc) is 2.45. The van der Waals surface area contributed by atoms with Crippen molar-refractivity contribution in [3.8, 4) is 0 Å². The van der Waals surface area contributed by atoms with Gasteiger partial charge >= 0.3 is 0 Å². The molecule has 0 saturated heterocycles. The highest BCUT2D eigenvalue weighted by atomic mass is 16.2. The predicted molar refractivity (Wildman–Crippen MR) is 84.9 cm³/mol. The fourth-order valence-electron chi connectivity index (χ4n) is 2.11. The summed E-state index contributed by atoms with van der Waals surface area (Å²) in [4.78, 5) is 12.0. The number of anilines is 1. The van der Waals surface area contributed by atoms with Gasteiger partial charge in [-0.1, -0.05) is 50.2 Å². The van der Waals surface area contributed by atoms with Gasteiger partial charge in [-0.2, -0.15) is 0 Å². The van der Waals surface area contributed by atoms with Crippen molar-refractivity contribution in [2.75, 3.05) is 11.9 Å². The molecular weight excluding hydrogens is 248 g/mol. The second kappa shape index (κ2) is 6.42. The second-order valence-electron chi connectivity index (χ2n) is 5.53. The van der Waals surface area contributed by atoms with Gasteiger partial charge in [-0.05, 0) is 24.3 Å². The molecule has 2 aromatic carbocycles. The molecule has 3 nitrogen and oxygen atoms in total. The van der Waals surface area contributed by atoms with Crippen molar-refractivity contribution >= 4 is 22.4 Å². The summed E-state index contributed by atoms with van der Waals surface area (Å²) in [5, 5.41) is 8.56. The van der Waals surface area contributed by atoms with Gasteiger partial charge in [-0.3, -0.25) is 4.79 Å². The number of hydrogen-bond acceptors (Lipinski definition) is 2. The lowest BCUT2D eigenvalue weighted by Crippen LogP contribution is -2.39. The van der Waals surface area contributed by atoms with E-state index in [1.165, 1.54) is 5.39 Å². The molecule has 0 aromatic heterocycles. The van der Waals surface area contributed by atoms with Crippen LogP contribution in [0.4, 0.5) is 5.69 Å². The summed E-state index contributed by atoms with van der Waals surface area (Å²) in [6.45, 7) is 6.77. The molecule has 0 aliphatic rings. The van der Waals surface area contributed by atoms with Crippen LogP contribution >= 0.6 is 0 Å². The smallest absolute Gasteiger partial charge is 0.242 e. The third-order valence-electron chi connectivity index (χ3n) is 3.24. The van der Waals surface area contributed by atoms with E-state index in [1.807, 2.05) is 31.2 Å². The van der Waals surface area contributed by atoms with E-state index in [0.29, 0.717) is 12.5 Å². The first-order valence-corrected chi connectivity index (χ1v) is 7.10. The molecule has 3 heteroatoms. The Balaban J connectivity index is 2.10. The quantitative estimate of drug-likeness (QED) is 0.874. The van der Waals surface area contributed by atoms with Crippen molar-refractivity contribution in [3.63, 3.8) is 0 Å². The highest BCUT2D eigenvalue weighted by molar-refractivity contribution is 5.95. The lowest BCUT2D eigenvalue weighted by molar-refractivity contribution is -0.121. The van der Waals surface area contributed by atoms with Gasteiger partial charge < -0.3 is 10.6 Å². The number of carbonyl (C=O) groups is 1. The first kappa shape index (κ1) is 14.4. The van der Waals surface area contributed by atoms with Crippen molar-refractivity contribution in [2.24, 2.45) is 5.92 Å². The summed E-state index contributed by atoms with van der Waals surface area (Å²) >= 11 is 0. The highest BCUT2D eigenvalue weighted by Crippen LogP contribution is 2.23. The van der Waals surface area contributed by atoms with E-state index in [2.05, 4.69) is 42.7 Å². The maximum atomic E-state index is 12.0. The lowest BCUT2D eigenvalue weighted by atomic mass is 10.1. The maximum absolute atomic E-state index is 12.0. The van der Waals surface area contributed by atoms with Gasteiger partial charge in [0.15, 0.2) is 0 Å². The van der Waals surface area contributed by atoms with Crippen molar-refractivity contribution in [1.82, 2.24) is 5.32 Å². The normalized spacial score (nSPS) is 12.4. The SMILES string of the molecule is CC(C)CNC(=O)C(C)Nc1cccc2ccccc12. The molecule has 0 aliphatic heterocycles. The molecular formula is C17H22N2O. The molecule has 0 heterocycles. The minimum Gasteiger partial charge on any atom is -0.373 e. The van der Waals surface area contributed by atoms with Crippen LogP contribution < -0.4 is 10.6 Å². The van der Waals surface area contributed by atoms with E-state index in [9.17, 15) is 4.79 Å². The molecule has 0 bridgehead atoms. The minimum atomic E-state index is -0.250. The third kappa shape index (κ3) is 3.50. The Morgan fingerprint density at radius 1 is 1.05 bits per heavy atom. The van der Waals surface area contributed by atoms with Crippen LogP contribution in [0.1, 0.15) is 20.8 Å². The minimum absolute atomic E-state index is 0.0339. The summed E-state index contributed by atoms with van der Waals surface area (Å²) in [5.74, 6) is 0.496. The monoisotopic (exact) mass is 270 g/mol. The Labute approximate surface area is 120 Å². The number of benzene rings is 2. The molecule has 0 fully saturated rings. The van der Waals surface area contributed by atoms with E-state index < -0.39 is 0 Å². The zero-order valence-electron chi connectivity index (χ0n) is 12.3. The molecule has 0 aliphatic carbocycles. The molecule has 2 aromatic rings. The molecule has 1 amide bonds. The van der Waals surface area contributed by atoms with Crippen molar-refractivity contribution in [2.45, 2.75) is 26.8 Å². The molecule has 0 spiro atoms. The number of nitrogens with one attached hydrogen (secondary N) is 2. The third-order valence-corrected chi connectivity index (χ3v) is 3.24. The van der Waals surface area contributed by atoms with E-state index in [4.69, 9.17) is 0 Å². The topological polar surface area (TPSA) is 41.1 Å². The van der Waals surface area contributed by atoms with Crippen LogP contribution in [0.15, 0.2) is 42.5 Å². The predicted octanol–water partition coefficient (Wildman–Crippen LogP) is 3.41. The van der Waals surface area contributed by atoms with Crippen LogP contribution in [0.25, 0.3) is 10.8 Å². The molecule has 1 unspecified atom stereocenters. The molecule has 106 valence electrons. The van der Waals surface area contributed by atoms with Crippen LogP contribution in [0, 0.1) is 5.92 Å². The van der Waals surface area contributed by atoms with E-state index in [-0.39, 0.29) is 11.9 Å². The molecule has 0 saturated carbocycles. The van der Waals surface area contributed by atoms with Crippen molar-refractivity contribution in [1.29, 1.82) is 0 Å². The average molecular weight is 270 g/mol. The Morgan fingerprint density at radius 3 is 2.50 bits per heavy atom. The molecule has 2 N–H and O–H groups in total. The van der Waals surface area contributed by atoms with Crippen molar-refractivity contribution < 1.29 is 4.79 Å². The Hall–Kier alpha value is -2.03. The molecule has 0 radical (unpaired) electrons. The summed E-state index contributed by atoms with van der Waals surface area (Å²) < 4.78 is 0. The van der Waals surface area contributed by atoms with Crippen molar-refractivity contribution in [3.05, 3.63) is 42.5 Å². The summed E-state index contributed by atoms with van der Waals surface area (Å²) in [7, 11) is 0. The van der Waals surface area contributed by atoms with E-state index in [0.717, 1.165) is 11.1 Å². The number of amides is 1. The first-order valence-electron chi connectivity index (χ1n) is 7.10. The fourth-order valence-corrected chi connectivity index (χ4v) is 2.11. The van der Waals surface area contributed by atoms with Gasteiger partial charge in [-0.15, -0.1) is 0 Å². The second-order valence-corrected chi connectivity index (χ2v) is 5.53. The summed E-state index contributed by atoms with van der Waals surface area (Å²) in [6, 6.07) is 14.0. The van der Waals surface area contributed by atoms with Crippen LogP contribution in [0.3, 0.4) is 0 Å². The zero-order chi connectivity index (χ0) is 14.5. The molecule has 1 atom stereocenters. The van der Waals surface area contributed by atoms with E-state index >= 15 is 0 Å². The van der Waals surface area contributed by atoms with Gasteiger partial charge in [-0.25, -0.2) is 0 Å². The van der Waals surface area contributed by atoms with Gasteiger partial charge in [0, 0.05) is 17.6 Å². The summed E-state index contributed by atoms with van der Waals surface area (Å²) in [5.41, 5.74) is 0.996. The van der Waals surface area contributed by atoms with Crippen LogP contribution in [-0.2, 0) is 4.79 Å². The molecule has 20 heavy (non-hydrogen) atoms. The lowest BCUT2D eigenvalue weighted by Gasteiger charge is -2.17. The van der Waals surface area contributed by atoms with Crippen LogP contribution in [0.2, 0.25) is 0 Å². The number of carbonyl (C=O) groups excluding carboxylic acids is 1. The Kier molecular flexibility index (Phi) is 4.61. The van der Waals surface area contributed by atoms with E-state index in [1.54, 1.807) is 0 Å². The van der Waals surface area contributed by atoms with Gasteiger partial charge in [0.25, 0.3) is 0 Å². The van der Waals surface area contributed by atoms with Gasteiger partial charge in [0.05, 0.1) is 0 Å². The van der Waals surface area contributed by atoms with Gasteiger partial charge in [0.2, 0.25) is 5.91 Å². The number of hydrogen-bond donors (Lipinski definition) is 2. The standard InChI is InChI=1S/C17H22N2O/c1-12(2)11-18-17(20)13(3)19-16-10-6-8-14-7-4-5-9-15(14)16/h4-10,12-13,19H,11H2,1-3H3,(H,18,20). The Morgan fingerprint density at radius 2 is 1.75 bits per heavy atom. The maximum Gasteiger partial charge on any atom is 0.242 e. The summed E-state index contributed by atoms with van der Waals surface area (Å²) in [6.07, 6.45) is 0. The molecule has 2 rings (SSSR count). The Bertz CT molecular complexity index is 587. The zero-order valence-corrected chi connectivity index (χ0v) is 12.3.